The van der Waals surface area contributed by atoms with E-state index in [-0.39, 0.29) is 0 Å². The van der Waals surface area contributed by atoms with Crippen LogP contribution in [0.2, 0.25) is 0 Å². The van der Waals surface area contributed by atoms with Crippen LogP contribution in [0.3, 0.4) is 0 Å². The molecule has 0 amide bonds. The highest BCUT2D eigenvalue weighted by atomic mass is 32.1. The van der Waals surface area contributed by atoms with Gasteiger partial charge in [-0.2, -0.15) is 5.10 Å². The number of nitrogens with zero attached hydrogens (tertiary/aromatic N) is 1. The number of nitrogens with one attached hydrogen (secondary N) is 2. The summed E-state index contributed by atoms with van der Waals surface area (Å²) in [5.41, 5.74) is 3.92. The van der Waals surface area contributed by atoms with E-state index >= 15 is 0 Å². The number of ether oxygens (including phenoxy) is 1. The van der Waals surface area contributed by atoms with Gasteiger partial charge in [-0.1, -0.05) is 26.0 Å². The number of benzene rings is 1. The number of hydrogen-bond donors (Lipinski definition) is 2. The molecule has 0 spiro atoms. The van der Waals surface area contributed by atoms with E-state index in [1.165, 1.54) is 0 Å². The third-order valence-electron chi connectivity index (χ3n) is 2.23. The monoisotopic (exact) mass is 279 g/mol. The van der Waals surface area contributed by atoms with Crippen LogP contribution in [0.25, 0.3) is 0 Å². The van der Waals surface area contributed by atoms with Crippen LogP contribution in [0.15, 0.2) is 29.4 Å². The van der Waals surface area contributed by atoms with Crippen molar-refractivity contribution in [2.24, 2.45) is 11.0 Å². The highest BCUT2D eigenvalue weighted by Gasteiger charge is 1.97. The SMILES string of the molecule is CCOc1ccc(CNC(=S)NN=CC(C)C)cc1. The molecular formula is C14H21N3OS. The third kappa shape index (κ3) is 6.76. The normalized spacial score (nSPS) is 10.7. The third-order valence-corrected chi connectivity index (χ3v) is 2.46. The number of thiocarbonyl (C=S) groups is 1. The van der Waals surface area contributed by atoms with Gasteiger partial charge in [0.1, 0.15) is 5.75 Å². The number of hydrogen-bond acceptors (Lipinski definition) is 3. The predicted octanol–water partition coefficient (Wildman–Crippen LogP) is 2.69. The number of rotatable bonds is 6. The van der Waals surface area contributed by atoms with E-state index in [0.717, 1.165) is 11.3 Å². The Kier molecular flexibility index (Phi) is 6.89. The maximum Gasteiger partial charge on any atom is 0.187 e. The second kappa shape index (κ2) is 8.48. The quantitative estimate of drug-likeness (QED) is 0.477. The van der Waals surface area contributed by atoms with Gasteiger partial charge in [0.25, 0.3) is 0 Å². The highest BCUT2D eigenvalue weighted by Crippen LogP contribution is 2.11. The van der Waals surface area contributed by atoms with Gasteiger partial charge in [-0.25, -0.2) is 0 Å². The molecule has 0 saturated carbocycles. The summed E-state index contributed by atoms with van der Waals surface area (Å²) >= 11 is 5.11. The maximum atomic E-state index is 5.38. The Morgan fingerprint density at radius 3 is 2.63 bits per heavy atom. The van der Waals surface area contributed by atoms with Crippen molar-refractivity contribution < 1.29 is 4.74 Å². The van der Waals surface area contributed by atoms with Gasteiger partial charge in [0, 0.05) is 12.8 Å². The van der Waals surface area contributed by atoms with Gasteiger partial charge in [-0.05, 0) is 42.8 Å². The van der Waals surface area contributed by atoms with Crippen molar-refractivity contribution in [3.63, 3.8) is 0 Å². The van der Waals surface area contributed by atoms with Crippen molar-refractivity contribution in [2.45, 2.75) is 27.3 Å². The molecule has 0 radical (unpaired) electrons. The van der Waals surface area contributed by atoms with Crippen molar-refractivity contribution >= 4 is 23.5 Å². The zero-order chi connectivity index (χ0) is 14.1. The van der Waals surface area contributed by atoms with Gasteiger partial charge in [0.15, 0.2) is 5.11 Å². The molecule has 2 N–H and O–H groups in total. The van der Waals surface area contributed by atoms with E-state index in [1.807, 2.05) is 37.4 Å². The van der Waals surface area contributed by atoms with Crippen LogP contribution >= 0.6 is 12.2 Å². The topological polar surface area (TPSA) is 45.6 Å². The largest absolute Gasteiger partial charge is 0.494 e. The molecule has 0 aliphatic carbocycles. The molecule has 1 rings (SSSR count). The molecule has 0 unspecified atom stereocenters. The Labute approximate surface area is 120 Å². The van der Waals surface area contributed by atoms with E-state index in [1.54, 1.807) is 0 Å². The van der Waals surface area contributed by atoms with Crippen molar-refractivity contribution in [2.75, 3.05) is 6.61 Å². The van der Waals surface area contributed by atoms with Crippen LogP contribution < -0.4 is 15.5 Å². The molecule has 0 aliphatic rings. The summed E-state index contributed by atoms with van der Waals surface area (Å²) in [6.45, 7) is 7.43. The van der Waals surface area contributed by atoms with Gasteiger partial charge >= 0.3 is 0 Å². The highest BCUT2D eigenvalue weighted by molar-refractivity contribution is 7.80. The molecule has 104 valence electrons. The van der Waals surface area contributed by atoms with Crippen molar-refractivity contribution in [3.8, 4) is 5.75 Å². The van der Waals surface area contributed by atoms with E-state index in [4.69, 9.17) is 17.0 Å². The van der Waals surface area contributed by atoms with Crippen LogP contribution in [0.4, 0.5) is 0 Å². The Morgan fingerprint density at radius 1 is 1.37 bits per heavy atom. The first-order valence-corrected chi connectivity index (χ1v) is 6.81. The Morgan fingerprint density at radius 2 is 2.05 bits per heavy atom. The first kappa shape index (κ1) is 15.4. The van der Waals surface area contributed by atoms with E-state index in [9.17, 15) is 0 Å². The van der Waals surface area contributed by atoms with Gasteiger partial charge < -0.3 is 10.1 Å². The zero-order valence-electron chi connectivity index (χ0n) is 11.6. The average Bonchev–Trinajstić information content (AvgIpc) is 2.38. The smallest absolute Gasteiger partial charge is 0.187 e. The first-order chi connectivity index (χ1) is 9.11. The minimum atomic E-state index is 0.404. The van der Waals surface area contributed by atoms with Crippen molar-refractivity contribution in [1.82, 2.24) is 10.7 Å². The van der Waals surface area contributed by atoms with Crippen LogP contribution in [0, 0.1) is 5.92 Å². The summed E-state index contributed by atoms with van der Waals surface area (Å²) < 4.78 is 5.38. The standard InChI is InChI=1S/C14H21N3OS/c1-4-18-13-7-5-12(6-8-13)10-15-14(19)17-16-9-11(2)3/h5-9,11H,4,10H2,1-3H3,(H2,15,17,19). The first-order valence-electron chi connectivity index (χ1n) is 6.40. The molecule has 4 nitrogen and oxygen atoms in total. The molecule has 1 aromatic rings. The minimum Gasteiger partial charge on any atom is -0.494 e. The summed E-state index contributed by atoms with van der Waals surface area (Å²) in [7, 11) is 0. The van der Waals surface area contributed by atoms with Gasteiger partial charge in [0.2, 0.25) is 0 Å². The second-order valence-electron chi connectivity index (χ2n) is 4.39. The Balaban J connectivity index is 2.33. The summed E-state index contributed by atoms with van der Waals surface area (Å²) in [4.78, 5) is 0. The second-order valence-corrected chi connectivity index (χ2v) is 4.80. The van der Waals surface area contributed by atoms with Crippen molar-refractivity contribution in [3.05, 3.63) is 29.8 Å². The van der Waals surface area contributed by atoms with Gasteiger partial charge in [-0.3, -0.25) is 5.43 Å². The van der Waals surface area contributed by atoms with E-state index in [0.29, 0.717) is 24.2 Å². The van der Waals surface area contributed by atoms with Gasteiger partial charge in [-0.15, -0.1) is 0 Å². The van der Waals surface area contributed by atoms with Crippen LogP contribution in [-0.4, -0.2) is 17.9 Å². The summed E-state index contributed by atoms with van der Waals surface area (Å²) in [6.07, 6.45) is 1.81. The molecule has 19 heavy (non-hydrogen) atoms. The van der Waals surface area contributed by atoms with E-state index in [2.05, 4.69) is 29.7 Å². The zero-order valence-corrected chi connectivity index (χ0v) is 12.5. The summed E-state index contributed by atoms with van der Waals surface area (Å²) in [5.74, 6) is 1.29. The predicted molar refractivity (Wildman–Crippen MR) is 83.5 cm³/mol. The van der Waals surface area contributed by atoms with Gasteiger partial charge in [0.05, 0.1) is 6.61 Å². The van der Waals surface area contributed by atoms with Crippen LogP contribution in [-0.2, 0) is 6.54 Å². The lowest BCUT2D eigenvalue weighted by atomic mass is 10.2. The summed E-state index contributed by atoms with van der Waals surface area (Å²) in [6, 6.07) is 7.93. The summed E-state index contributed by atoms with van der Waals surface area (Å²) in [5, 5.41) is 7.63. The average molecular weight is 279 g/mol. The fourth-order valence-corrected chi connectivity index (χ4v) is 1.46. The van der Waals surface area contributed by atoms with Crippen LogP contribution in [0.1, 0.15) is 26.3 Å². The lowest BCUT2D eigenvalue weighted by molar-refractivity contribution is 0.340. The Bertz CT molecular complexity index is 415. The fraction of sp³-hybridized carbons (Fsp3) is 0.429. The molecule has 0 fully saturated rings. The molecule has 0 heterocycles. The molecule has 0 atom stereocenters. The molecule has 5 heteroatoms. The number of hydrazone groups is 1. The Hall–Kier alpha value is -1.62. The molecule has 0 aliphatic heterocycles. The maximum absolute atomic E-state index is 5.38. The molecule has 0 bridgehead atoms. The van der Waals surface area contributed by atoms with Crippen LogP contribution in [0.5, 0.6) is 5.75 Å². The van der Waals surface area contributed by atoms with E-state index < -0.39 is 0 Å². The minimum absolute atomic E-state index is 0.404. The molecule has 0 aromatic heterocycles. The fourth-order valence-electron chi connectivity index (χ4n) is 1.34. The lowest BCUT2D eigenvalue weighted by Crippen LogP contribution is -2.31. The molecule has 0 saturated heterocycles. The lowest BCUT2D eigenvalue weighted by Gasteiger charge is -2.08. The molecular weight excluding hydrogens is 258 g/mol. The molecule has 1 aromatic carbocycles. The van der Waals surface area contributed by atoms with Crippen molar-refractivity contribution in [1.29, 1.82) is 0 Å².